The Morgan fingerprint density at radius 3 is 2.57 bits per heavy atom. The number of rotatable bonds is 7. The van der Waals surface area contributed by atoms with Gasteiger partial charge in [-0.1, -0.05) is 59.3 Å². The minimum absolute atomic E-state index is 0.0853. The van der Waals surface area contributed by atoms with Gasteiger partial charge < -0.3 is 5.32 Å². The second-order valence-corrected chi connectivity index (χ2v) is 7.92. The van der Waals surface area contributed by atoms with Crippen LogP contribution in [-0.2, 0) is 10.5 Å². The summed E-state index contributed by atoms with van der Waals surface area (Å²) in [5.74, 6) is 1.14. The predicted molar refractivity (Wildman–Crippen MR) is 114 cm³/mol. The van der Waals surface area contributed by atoms with E-state index in [0.29, 0.717) is 5.82 Å². The van der Waals surface area contributed by atoms with E-state index in [4.69, 9.17) is 11.6 Å². The number of hydrogen-bond donors (Lipinski definition) is 1. The molecule has 28 heavy (non-hydrogen) atoms. The van der Waals surface area contributed by atoms with Gasteiger partial charge >= 0.3 is 0 Å². The maximum absolute atomic E-state index is 11.7. The summed E-state index contributed by atoms with van der Waals surface area (Å²) in [7, 11) is 0. The molecule has 3 aromatic rings. The lowest BCUT2D eigenvalue weighted by atomic mass is 10.2. The van der Waals surface area contributed by atoms with Crippen molar-refractivity contribution in [2.75, 3.05) is 5.88 Å². The molecule has 3 rings (SSSR count). The van der Waals surface area contributed by atoms with Gasteiger partial charge in [-0.15, -0.1) is 21.8 Å². The van der Waals surface area contributed by atoms with Crippen LogP contribution >= 0.6 is 23.4 Å². The first-order valence-corrected chi connectivity index (χ1v) is 10.6. The number of thioether (sulfide) groups is 1. The largest absolute Gasteiger partial charge is 0.345 e. The molecule has 0 bridgehead atoms. The molecule has 1 atom stereocenters. The zero-order chi connectivity index (χ0) is 20.1. The second kappa shape index (κ2) is 9.26. The highest BCUT2D eigenvalue weighted by molar-refractivity contribution is 7.98. The van der Waals surface area contributed by atoms with Gasteiger partial charge in [0.05, 0.1) is 6.04 Å². The van der Waals surface area contributed by atoms with E-state index in [1.807, 2.05) is 30.5 Å². The van der Waals surface area contributed by atoms with Crippen molar-refractivity contribution >= 4 is 29.3 Å². The molecule has 0 aliphatic rings. The second-order valence-electron chi connectivity index (χ2n) is 6.71. The molecule has 0 aliphatic carbocycles. The first-order chi connectivity index (χ1) is 13.5. The Morgan fingerprint density at radius 2 is 1.89 bits per heavy atom. The van der Waals surface area contributed by atoms with Gasteiger partial charge in [0, 0.05) is 11.4 Å². The number of nitrogens with zero attached hydrogens (tertiary/aromatic N) is 3. The minimum Gasteiger partial charge on any atom is -0.345 e. The molecule has 5 nitrogen and oxygen atoms in total. The van der Waals surface area contributed by atoms with E-state index in [2.05, 4.69) is 58.8 Å². The molecule has 1 heterocycles. The Balaban J connectivity index is 1.92. The number of amides is 1. The molecule has 0 radical (unpaired) electrons. The van der Waals surface area contributed by atoms with E-state index >= 15 is 0 Å². The Morgan fingerprint density at radius 1 is 1.14 bits per heavy atom. The maximum atomic E-state index is 11.7. The SMILES string of the molecule is Cc1ccc(-n2c(SCc3cccc(C)c3)nnc2C(C)NC(=O)CCl)cc1. The fourth-order valence-electron chi connectivity index (χ4n) is 2.89. The zero-order valence-electron chi connectivity index (χ0n) is 16.1. The van der Waals surface area contributed by atoms with Crippen LogP contribution in [0.15, 0.2) is 53.7 Å². The maximum Gasteiger partial charge on any atom is 0.235 e. The van der Waals surface area contributed by atoms with Crippen LogP contribution < -0.4 is 5.32 Å². The molecule has 0 spiro atoms. The number of carbonyl (C=O) groups excluding carboxylic acids is 1. The standard InChI is InChI=1S/C21H23ClN4OS/c1-14-7-9-18(10-8-14)26-20(16(3)23-19(27)12-22)24-25-21(26)28-13-17-6-4-5-15(2)11-17/h4-11,16H,12-13H2,1-3H3,(H,23,27). The van der Waals surface area contributed by atoms with E-state index in [0.717, 1.165) is 16.6 Å². The van der Waals surface area contributed by atoms with Gasteiger partial charge in [0.25, 0.3) is 0 Å². The van der Waals surface area contributed by atoms with Crippen molar-refractivity contribution in [3.05, 3.63) is 71.0 Å². The Kier molecular flexibility index (Phi) is 6.75. The van der Waals surface area contributed by atoms with E-state index in [-0.39, 0.29) is 17.8 Å². The van der Waals surface area contributed by atoms with Crippen LogP contribution in [0.1, 0.15) is 35.5 Å². The van der Waals surface area contributed by atoms with Crippen LogP contribution in [0.4, 0.5) is 0 Å². The van der Waals surface area contributed by atoms with E-state index in [1.165, 1.54) is 16.7 Å². The Hall–Kier alpha value is -2.31. The molecule has 1 N–H and O–H groups in total. The van der Waals surface area contributed by atoms with E-state index in [1.54, 1.807) is 11.8 Å². The van der Waals surface area contributed by atoms with Crippen LogP contribution in [-0.4, -0.2) is 26.6 Å². The smallest absolute Gasteiger partial charge is 0.235 e. The van der Waals surface area contributed by atoms with Gasteiger partial charge in [0.2, 0.25) is 5.91 Å². The lowest BCUT2D eigenvalue weighted by Crippen LogP contribution is -2.29. The summed E-state index contributed by atoms with van der Waals surface area (Å²) in [5, 5.41) is 12.4. The summed E-state index contributed by atoms with van der Waals surface area (Å²) in [5.41, 5.74) is 4.60. The number of benzene rings is 2. The van der Waals surface area contributed by atoms with Crippen molar-refractivity contribution in [3.8, 4) is 5.69 Å². The summed E-state index contributed by atoms with van der Waals surface area (Å²) in [6.45, 7) is 6.02. The molecule has 1 unspecified atom stereocenters. The van der Waals surface area contributed by atoms with Crippen LogP contribution in [0.3, 0.4) is 0 Å². The molecule has 146 valence electrons. The fraction of sp³-hybridized carbons (Fsp3) is 0.286. The highest BCUT2D eigenvalue weighted by atomic mass is 35.5. The molecular weight excluding hydrogens is 392 g/mol. The monoisotopic (exact) mass is 414 g/mol. The van der Waals surface area contributed by atoms with Gasteiger partial charge in [0.15, 0.2) is 11.0 Å². The third-order valence-corrected chi connectivity index (χ3v) is 5.53. The van der Waals surface area contributed by atoms with Crippen LogP contribution in [0, 0.1) is 13.8 Å². The molecule has 1 amide bonds. The summed E-state index contributed by atoms with van der Waals surface area (Å²) >= 11 is 7.26. The number of alkyl halides is 1. The van der Waals surface area contributed by atoms with Crippen LogP contribution in [0.25, 0.3) is 5.69 Å². The molecule has 1 aromatic heterocycles. The molecule has 7 heteroatoms. The van der Waals surface area contributed by atoms with Crippen molar-refractivity contribution in [2.45, 2.75) is 37.7 Å². The highest BCUT2D eigenvalue weighted by Gasteiger charge is 2.20. The average Bonchev–Trinajstić information content (AvgIpc) is 3.11. The van der Waals surface area contributed by atoms with Crippen molar-refractivity contribution in [2.24, 2.45) is 0 Å². The topological polar surface area (TPSA) is 59.8 Å². The number of carbonyl (C=O) groups is 1. The Bertz CT molecular complexity index is 955. The number of hydrogen-bond acceptors (Lipinski definition) is 4. The van der Waals surface area contributed by atoms with E-state index in [9.17, 15) is 4.79 Å². The highest BCUT2D eigenvalue weighted by Crippen LogP contribution is 2.28. The van der Waals surface area contributed by atoms with Crippen molar-refractivity contribution in [3.63, 3.8) is 0 Å². The number of aryl methyl sites for hydroxylation is 2. The summed E-state index contributed by atoms with van der Waals surface area (Å²) in [6, 6.07) is 16.3. The number of halogens is 1. The lowest BCUT2D eigenvalue weighted by molar-refractivity contribution is -0.119. The van der Waals surface area contributed by atoms with Gasteiger partial charge in [-0.05, 0) is 38.5 Å². The van der Waals surface area contributed by atoms with Gasteiger partial charge in [-0.25, -0.2) is 0 Å². The summed E-state index contributed by atoms with van der Waals surface area (Å²) in [6.07, 6.45) is 0. The molecular formula is C21H23ClN4OS. The third kappa shape index (κ3) is 4.94. The first-order valence-electron chi connectivity index (χ1n) is 9.04. The normalized spacial score (nSPS) is 12.0. The van der Waals surface area contributed by atoms with Crippen molar-refractivity contribution in [1.29, 1.82) is 0 Å². The first kappa shape index (κ1) is 20.4. The van der Waals surface area contributed by atoms with Crippen molar-refractivity contribution in [1.82, 2.24) is 20.1 Å². The summed E-state index contributed by atoms with van der Waals surface area (Å²) in [4.78, 5) is 11.7. The number of aromatic nitrogens is 3. The third-order valence-electron chi connectivity index (χ3n) is 4.29. The van der Waals surface area contributed by atoms with Gasteiger partial charge in [0.1, 0.15) is 5.88 Å². The fourth-order valence-corrected chi connectivity index (χ4v) is 3.87. The average molecular weight is 415 g/mol. The molecule has 0 aliphatic heterocycles. The van der Waals surface area contributed by atoms with Crippen LogP contribution in [0.5, 0.6) is 0 Å². The Labute approximate surface area is 174 Å². The zero-order valence-corrected chi connectivity index (χ0v) is 17.7. The van der Waals surface area contributed by atoms with Crippen molar-refractivity contribution < 1.29 is 4.79 Å². The van der Waals surface area contributed by atoms with Gasteiger partial charge in [-0.3, -0.25) is 9.36 Å². The minimum atomic E-state index is -0.312. The number of nitrogens with one attached hydrogen (secondary N) is 1. The van der Waals surface area contributed by atoms with E-state index < -0.39 is 0 Å². The molecule has 0 saturated carbocycles. The lowest BCUT2D eigenvalue weighted by Gasteiger charge is -2.16. The quantitative estimate of drug-likeness (QED) is 0.453. The molecule has 0 saturated heterocycles. The summed E-state index contributed by atoms with van der Waals surface area (Å²) < 4.78 is 2.00. The molecule has 2 aromatic carbocycles. The predicted octanol–water partition coefficient (Wildman–Crippen LogP) is 4.59. The van der Waals surface area contributed by atoms with Crippen LogP contribution in [0.2, 0.25) is 0 Å². The van der Waals surface area contributed by atoms with Gasteiger partial charge in [-0.2, -0.15) is 0 Å². The molecule has 0 fully saturated rings.